The number of phenols is 1. The van der Waals surface area contributed by atoms with E-state index >= 15 is 0 Å². The lowest BCUT2D eigenvalue weighted by molar-refractivity contribution is -0.272. The maximum absolute atomic E-state index is 13.4. The van der Waals surface area contributed by atoms with Crippen molar-refractivity contribution in [1.82, 2.24) is 0 Å². The lowest BCUT2D eigenvalue weighted by Gasteiger charge is -2.50. The molecule has 10 atom stereocenters. The zero-order valence-corrected chi connectivity index (χ0v) is 21.1. The molecule has 0 amide bonds. The van der Waals surface area contributed by atoms with Crippen molar-refractivity contribution in [2.75, 3.05) is 0 Å². The second kappa shape index (κ2) is 9.15. The summed E-state index contributed by atoms with van der Waals surface area (Å²) in [7, 11) is 0. The first-order valence-corrected chi connectivity index (χ1v) is 12.9. The zero-order chi connectivity index (χ0) is 25.9. The van der Waals surface area contributed by atoms with Crippen molar-refractivity contribution in [2.24, 2.45) is 23.2 Å². The molecule has 36 heavy (non-hydrogen) atoms. The first kappa shape index (κ1) is 25.2. The fourth-order valence-corrected chi connectivity index (χ4v) is 7.57. The third kappa shape index (κ3) is 3.85. The number of aliphatic hydroxyl groups is 2. The van der Waals surface area contributed by atoms with Crippen LogP contribution in [0.5, 0.6) is 11.5 Å². The molecular weight excluding hydrogens is 464 g/mol. The fraction of sp³-hybridized carbons (Fsp3) is 0.643. The number of phenolic OH excluding ortho intramolecular Hbond substituents is 1. The number of carbonyl (C=O) groups excluding carboxylic acids is 2. The van der Waals surface area contributed by atoms with E-state index in [1.807, 2.05) is 6.07 Å². The molecule has 3 fully saturated rings. The molecule has 3 aliphatic carbocycles. The highest BCUT2D eigenvalue weighted by atomic mass is 16.7. The average molecular weight is 501 g/mol. The molecule has 1 aromatic carbocycles. The Morgan fingerprint density at radius 2 is 1.97 bits per heavy atom. The summed E-state index contributed by atoms with van der Waals surface area (Å²) in [5.74, 6) is 0.403. The van der Waals surface area contributed by atoms with Gasteiger partial charge in [0.1, 0.15) is 12.2 Å². The summed E-state index contributed by atoms with van der Waals surface area (Å²) in [5, 5.41) is 32.1. The van der Waals surface area contributed by atoms with E-state index in [1.165, 1.54) is 6.92 Å². The molecule has 8 nitrogen and oxygen atoms in total. The Bertz CT molecular complexity index is 1070. The van der Waals surface area contributed by atoms with Gasteiger partial charge in [0.25, 0.3) is 0 Å². The second-order valence-corrected chi connectivity index (χ2v) is 11.2. The summed E-state index contributed by atoms with van der Waals surface area (Å²) in [5.41, 5.74) is 1.31. The number of ketones is 1. The van der Waals surface area contributed by atoms with E-state index in [-0.39, 0.29) is 40.1 Å². The van der Waals surface area contributed by atoms with Crippen molar-refractivity contribution in [3.8, 4) is 11.5 Å². The van der Waals surface area contributed by atoms with E-state index in [1.54, 1.807) is 13.0 Å². The first-order valence-electron chi connectivity index (χ1n) is 12.9. The summed E-state index contributed by atoms with van der Waals surface area (Å²) < 4.78 is 16.5. The molecule has 5 rings (SSSR count). The average Bonchev–Trinajstić information content (AvgIpc) is 3.18. The predicted octanol–water partition coefficient (Wildman–Crippen LogP) is 3.47. The van der Waals surface area contributed by atoms with Crippen molar-refractivity contribution >= 4 is 11.8 Å². The molecular formula is C28H36O8. The van der Waals surface area contributed by atoms with Crippen molar-refractivity contribution in [3.05, 3.63) is 35.9 Å². The normalized spacial score (nSPS) is 41.6. The summed E-state index contributed by atoms with van der Waals surface area (Å²) in [6.45, 7) is 9.20. The van der Waals surface area contributed by atoms with Crippen LogP contribution >= 0.6 is 0 Å². The summed E-state index contributed by atoms with van der Waals surface area (Å²) in [6.07, 6.45) is 0.588. The van der Waals surface area contributed by atoms with Crippen LogP contribution in [0, 0.1) is 23.2 Å². The number of fused-ring (bicyclic) bond motifs is 5. The highest BCUT2D eigenvalue weighted by Crippen LogP contribution is 2.63. The molecule has 2 saturated carbocycles. The Kier molecular flexibility index (Phi) is 6.42. The minimum absolute atomic E-state index is 0.00294. The highest BCUT2D eigenvalue weighted by Gasteiger charge is 2.55. The van der Waals surface area contributed by atoms with Gasteiger partial charge >= 0.3 is 5.97 Å². The Hall–Kier alpha value is -2.42. The number of ether oxygens (including phenoxy) is 3. The van der Waals surface area contributed by atoms with Crippen LogP contribution in [0.4, 0.5) is 0 Å². The third-order valence-corrected chi connectivity index (χ3v) is 9.39. The van der Waals surface area contributed by atoms with Gasteiger partial charge in [0, 0.05) is 13.3 Å². The van der Waals surface area contributed by atoms with Gasteiger partial charge in [-0.05, 0) is 73.3 Å². The highest BCUT2D eigenvalue weighted by molar-refractivity contribution is 6.02. The Morgan fingerprint density at radius 1 is 1.22 bits per heavy atom. The van der Waals surface area contributed by atoms with Gasteiger partial charge in [-0.3, -0.25) is 9.59 Å². The molecule has 3 N–H and O–H groups in total. The van der Waals surface area contributed by atoms with Gasteiger partial charge < -0.3 is 29.5 Å². The molecule has 196 valence electrons. The molecule has 8 heteroatoms. The maximum atomic E-state index is 13.4. The van der Waals surface area contributed by atoms with Gasteiger partial charge in [-0.1, -0.05) is 19.1 Å². The number of allylic oxidation sites excluding steroid dienone is 1. The standard InChI is InChI=1S/C28H36O8/c1-5-15-6-8-19-18-12-20(30)22-17(16(18)10-11-28(15,19)4)7-9-21(23(22)31)36-27-25(33)24(32)26(13(2)34-27)35-14(3)29/h5,7,9,13,15-16,18-19,24-27,31-33H,1,6,8,10-12H2,2-4H3/t13?,15-,16+,18+,19-,24?,25?,26?,27?,28+/m0/s1. The Labute approximate surface area is 211 Å². The van der Waals surface area contributed by atoms with Crippen LogP contribution in [0.15, 0.2) is 24.8 Å². The van der Waals surface area contributed by atoms with Crippen LogP contribution in [0.1, 0.15) is 74.7 Å². The van der Waals surface area contributed by atoms with E-state index < -0.39 is 36.7 Å². The SMILES string of the molecule is C=C[C@H]1CC[C@H]2[C@@H]3CC(=O)c4c(ccc(OC5OC(C)C(OC(C)=O)C(O)C5O)c4O)[C@H]3CC[C@]12C. The van der Waals surface area contributed by atoms with E-state index in [0.29, 0.717) is 18.3 Å². The van der Waals surface area contributed by atoms with Gasteiger partial charge in [-0.25, -0.2) is 0 Å². The largest absolute Gasteiger partial charge is 0.504 e. The minimum Gasteiger partial charge on any atom is -0.504 e. The lowest BCUT2D eigenvalue weighted by atomic mass is 9.54. The van der Waals surface area contributed by atoms with Crippen LogP contribution in [0.2, 0.25) is 0 Å². The molecule has 1 heterocycles. The monoisotopic (exact) mass is 500 g/mol. The second-order valence-electron chi connectivity index (χ2n) is 11.2. The van der Waals surface area contributed by atoms with Crippen molar-refractivity contribution < 1.29 is 39.1 Å². The molecule has 0 aromatic heterocycles. The summed E-state index contributed by atoms with van der Waals surface area (Å²) in [4.78, 5) is 24.7. The summed E-state index contributed by atoms with van der Waals surface area (Å²) >= 11 is 0. The summed E-state index contributed by atoms with van der Waals surface area (Å²) in [6, 6.07) is 3.45. The number of hydrogen-bond donors (Lipinski definition) is 3. The molecule has 0 bridgehead atoms. The Morgan fingerprint density at radius 3 is 2.67 bits per heavy atom. The van der Waals surface area contributed by atoms with Crippen LogP contribution in [0.25, 0.3) is 0 Å². The molecule has 5 unspecified atom stereocenters. The van der Waals surface area contributed by atoms with Crippen LogP contribution in [-0.4, -0.2) is 57.8 Å². The molecule has 0 spiro atoms. The van der Waals surface area contributed by atoms with Crippen LogP contribution in [-0.2, 0) is 14.3 Å². The van der Waals surface area contributed by atoms with Crippen LogP contribution < -0.4 is 4.74 Å². The zero-order valence-electron chi connectivity index (χ0n) is 21.1. The number of Topliss-reactive ketones (excluding diaryl/α,β-unsaturated/α-hetero) is 1. The van der Waals surface area contributed by atoms with E-state index in [4.69, 9.17) is 14.2 Å². The first-order chi connectivity index (χ1) is 17.1. The molecule has 1 aliphatic heterocycles. The fourth-order valence-electron chi connectivity index (χ4n) is 7.57. The molecule has 1 aromatic rings. The number of benzene rings is 1. The predicted molar refractivity (Wildman–Crippen MR) is 130 cm³/mol. The number of aliphatic hydroxyl groups excluding tert-OH is 2. The number of esters is 1. The number of rotatable bonds is 4. The minimum atomic E-state index is -1.53. The third-order valence-electron chi connectivity index (χ3n) is 9.39. The lowest BCUT2D eigenvalue weighted by Crippen LogP contribution is -2.59. The maximum Gasteiger partial charge on any atom is 0.303 e. The molecule has 1 saturated heterocycles. The topological polar surface area (TPSA) is 123 Å². The van der Waals surface area contributed by atoms with Crippen molar-refractivity contribution in [1.29, 1.82) is 0 Å². The van der Waals surface area contributed by atoms with E-state index in [0.717, 1.165) is 31.2 Å². The number of aromatic hydroxyl groups is 1. The van der Waals surface area contributed by atoms with Crippen molar-refractivity contribution in [2.45, 2.75) is 89.5 Å². The van der Waals surface area contributed by atoms with Gasteiger partial charge in [0.15, 0.2) is 23.4 Å². The van der Waals surface area contributed by atoms with E-state index in [9.17, 15) is 24.9 Å². The van der Waals surface area contributed by atoms with Gasteiger partial charge in [0.2, 0.25) is 6.29 Å². The van der Waals surface area contributed by atoms with Crippen molar-refractivity contribution in [3.63, 3.8) is 0 Å². The smallest absolute Gasteiger partial charge is 0.303 e. The quantitative estimate of drug-likeness (QED) is 0.424. The Balaban J connectivity index is 1.39. The van der Waals surface area contributed by atoms with Gasteiger partial charge in [-0.15, -0.1) is 6.58 Å². The van der Waals surface area contributed by atoms with Gasteiger partial charge in [-0.2, -0.15) is 0 Å². The number of carbonyl (C=O) groups is 2. The molecule has 0 radical (unpaired) electrons. The van der Waals surface area contributed by atoms with Gasteiger partial charge in [0.05, 0.1) is 11.7 Å². The van der Waals surface area contributed by atoms with Crippen LogP contribution in [0.3, 0.4) is 0 Å². The molecule has 4 aliphatic rings. The van der Waals surface area contributed by atoms with E-state index in [2.05, 4.69) is 19.6 Å². The number of hydrogen-bond acceptors (Lipinski definition) is 8.